The van der Waals surface area contributed by atoms with Gasteiger partial charge in [0.25, 0.3) is 11.7 Å². The standard InChI is InChI=1S/C26H31NO6/c1-5-10-27-22(18-8-6-9-19(15-18)33-12-7-11-28)21(24(30)26(27)31)23(29)20-14-16(2)13-17(3)25(20)32-4/h6,8-9,13-15,22,28-29H,5,7,10-12H2,1-4H3/b23-21+. The molecule has 2 aromatic carbocycles. The van der Waals surface area contributed by atoms with Gasteiger partial charge in [0.05, 0.1) is 30.9 Å². The number of rotatable bonds is 9. The Bertz CT molecular complexity index is 1070. The SMILES string of the molecule is CCCN1C(=O)C(=O)/C(=C(/O)c2cc(C)cc(C)c2OC)C1c1cccc(OCCCO)c1. The number of aryl methyl sites for hydroxylation is 2. The smallest absolute Gasteiger partial charge is 0.295 e. The second-order valence-electron chi connectivity index (χ2n) is 8.15. The summed E-state index contributed by atoms with van der Waals surface area (Å²) in [6, 6.07) is 10.1. The number of nitrogens with zero attached hydrogens (tertiary/aromatic N) is 1. The van der Waals surface area contributed by atoms with Gasteiger partial charge in [-0.1, -0.05) is 25.1 Å². The largest absolute Gasteiger partial charge is 0.507 e. The zero-order valence-electron chi connectivity index (χ0n) is 19.6. The minimum Gasteiger partial charge on any atom is -0.507 e. The molecule has 0 aromatic heterocycles. The normalized spacial score (nSPS) is 17.5. The van der Waals surface area contributed by atoms with E-state index in [4.69, 9.17) is 14.6 Å². The molecule has 33 heavy (non-hydrogen) atoms. The predicted octanol–water partition coefficient (Wildman–Crippen LogP) is 3.90. The van der Waals surface area contributed by atoms with Crippen LogP contribution in [0.4, 0.5) is 0 Å². The zero-order chi connectivity index (χ0) is 24.1. The maximum absolute atomic E-state index is 13.1. The number of carbonyl (C=O) groups excluding carboxylic acids is 2. The fourth-order valence-electron chi connectivity index (χ4n) is 4.27. The van der Waals surface area contributed by atoms with Gasteiger partial charge in [-0.25, -0.2) is 0 Å². The number of carbonyl (C=O) groups is 2. The van der Waals surface area contributed by atoms with E-state index in [1.54, 1.807) is 24.3 Å². The van der Waals surface area contributed by atoms with E-state index < -0.39 is 17.7 Å². The van der Waals surface area contributed by atoms with E-state index in [0.29, 0.717) is 48.6 Å². The molecule has 1 unspecified atom stereocenters. The van der Waals surface area contributed by atoms with Gasteiger partial charge in [-0.2, -0.15) is 0 Å². The van der Waals surface area contributed by atoms with Gasteiger partial charge in [0.2, 0.25) is 0 Å². The number of likely N-dealkylation sites (tertiary alicyclic amines) is 1. The quantitative estimate of drug-likeness (QED) is 0.259. The van der Waals surface area contributed by atoms with Gasteiger partial charge in [0.1, 0.15) is 17.3 Å². The van der Waals surface area contributed by atoms with E-state index in [-0.39, 0.29) is 17.9 Å². The Morgan fingerprint density at radius 2 is 1.91 bits per heavy atom. The van der Waals surface area contributed by atoms with Crippen LogP contribution in [0.25, 0.3) is 5.76 Å². The van der Waals surface area contributed by atoms with Crippen LogP contribution < -0.4 is 9.47 Å². The Hall–Kier alpha value is -3.32. The third-order valence-corrected chi connectivity index (χ3v) is 5.63. The van der Waals surface area contributed by atoms with Crippen LogP contribution in [0.2, 0.25) is 0 Å². The molecule has 0 spiro atoms. The van der Waals surface area contributed by atoms with Crippen molar-refractivity contribution >= 4 is 17.4 Å². The lowest BCUT2D eigenvalue weighted by atomic mass is 9.93. The summed E-state index contributed by atoms with van der Waals surface area (Å²) in [5.74, 6) is -0.601. The summed E-state index contributed by atoms with van der Waals surface area (Å²) in [7, 11) is 1.51. The van der Waals surface area contributed by atoms with E-state index in [0.717, 1.165) is 11.1 Å². The van der Waals surface area contributed by atoms with Crippen molar-refractivity contribution in [2.24, 2.45) is 0 Å². The van der Waals surface area contributed by atoms with E-state index >= 15 is 0 Å². The van der Waals surface area contributed by atoms with Gasteiger partial charge in [0, 0.05) is 19.6 Å². The third kappa shape index (κ3) is 4.88. The molecule has 7 nitrogen and oxygen atoms in total. The second kappa shape index (κ2) is 10.5. The van der Waals surface area contributed by atoms with Crippen molar-refractivity contribution in [1.29, 1.82) is 0 Å². The molecule has 0 radical (unpaired) electrons. The van der Waals surface area contributed by atoms with Crippen molar-refractivity contribution in [3.63, 3.8) is 0 Å². The number of hydrogen-bond acceptors (Lipinski definition) is 6. The summed E-state index contributed by atoms with van der Waals surface area (Å²) in [5, 5.41) is 20.4. The number of ketones is 1. The van der Waals surface area contributed by atoms with Crippen LogP contribution >= 0.6 is 0 Å². The van der Waals surface area contributed by atoms with Crippen LogP contribution in [0.1, 0.15) is 48.1 Å². The maximum Gasteiger partial charge on any atom is 0.295 e. The van der Waals surface area contributed by atoms with E-state index in [1.165, 1.54) is 12.0 Å². The molecule has 176 valence electrons. The first-order valence-corrected chi connectivity index (χ1v) is 11.1. The van der Waals surface area contributed by atoms with Crippen molar-refractivity contribution in [2.75, 3.05) is 26.9 Å². The molecule has 1 heterocycles. The lowest BCUT2D eigenvalue weighted by molar-refractivity contribution is -0.139. The molecule has 1 fully saturated rings. The highest BCUT2D eigenvalue weighted by Gasteiger charge is 2.46. The molecule has 2 aromatic rings. The molecular weight excluding hydrogens is 422 g/mol. The fourth-order valence-corrected chi connectivity index (χ4v) is 4.27. The zero-order valence-corrected chi connectivity index (χ0v) is 19.6. The monoisotopic (exact) mass is 453 g/mol. The minimum absolute atomic E-state index is 0.0219. The number of amides is 1. The summed E-state index contributed by atoms with van der Waals surface area (Å²) in [6.07, 6.45) is 1.15. The van der Waals surface area contributed by atoms with Crippen molar-refractivity contribution in [1.82, 2.24) is 4.90 Å². The lowest BCUT2D eigenvalue weighted by Crippen LogP contribution is -2.30. The molecule has 1 atom stereocenters. The summed E-state index contributed by atoms with van der Waals surface area (Å²) >= 11 is 0. The van der Waals surface area contributed by atoms with Gasteiger partial charge >= 0.3 is 0 Å². The van der Waals surface area contributed by atoms with Crippen molar-refractivity contribution in [2.45, 2.75) is 39.7 Å². The Morgan fingerprint density at radius 3 is 2.58 bits per heavy atom. The molecule has 1 aliphatic rings. The number of methoxy groups -OCH3 is 1. The lowest BCUT2D eigenvalue weighted by Gasteiger charge is -2.25. The highest BCUT2D eigenvalue weighted by molar-refractivity contribution is 6.46. The Balaban J connectivity index is 2.18. The van der Waals surface area contributed by atoms with Gasteiger partial charge < -0.3 is 24.6 Å². The fraction of sp³-hybridized carbons (Fsp3) is 0.385. The first-order valence-electron chi connectivity index (χ1n) is 11.1. The highest BCUT2D eigenvalue weighted by Crippen LogP contribution is 2.42. The summed E-state index contributed by atoms with van der Waals surface area (Å²) < 4.78 is 11.2. The second-order valence-corrected chi connectivity index (χ2v) is 8.15. The summed E-state index contributed by atoms with van der Waals surface area (Å²) in [6.45, 7) is 6.42. The Labute approximate surface area is 194 Å². The van der Waals surface area contributed by atoms with Crippen molar-refractivity contribution in [3.05, 3.63) is 64.2 Å². The summed E-state index contributed by atoms with van der Waals surface area (Å²) in [4.78, 5) is 27.6. The number of ether oxygens (including phenoxy) is 2. The molecule has 0 aliphatic carbocycles. The van der Waals surface area contributed by atoms with Crippen LogP contribution in [-0.2, 0) is 9.59 Å². The van der Waals surface area contributed by atoms with Gasteiger partial charge in [-0.15, -0.1) is 0 Å². The molecule has 2 N–H and O–H groups in total. The number of aliphatic hydroxyl groups is 2. The van der Waals surface area contributed by atoms with Crippen molar-refractivity contribution in [3.8, 4) is 11.5 Å². The van der Waals surface area contributed by atoms with E-state index in [2.05, 4.69) is 0 Å². The number of Topliss-reactive ketones (excluding diaryl/α,β-unsaturated/α-hetero) is 1. The summed E-state index contributed by atoms with van der Waals surface area (Å²) in [5.41, 5.74) is 2.79. The molecule has 1 amide bonds. The number of aliphatic hydroxyl groups excluding tert-OH is 2. The molecule has 7 heteroatoms. The Morgan fingerprint density at radius 1 is 1.15 bits per heavy atom. The van der Waals surface area contributed by atoms with Crippen LogP contribution in [-0.4, -0.2) is 53.7 Å². The topological polar surface area (TPSA) is 96.3 Å². The number of hydrogen-bond donors (Lipinski definition) is 2. The van der Waals surface area contributed by atoms with Crippen molar-refractivity contribution < 1.29 is 29.3 Å². The van der Waals surface area contributed by atoms with Crippen LogP contribution in [0.3, 0.4) is 0 Å². The molecular formula is C26H31NO6. The van der Waals surface area contributed by atoms with Gasteiger partial charge in [-0.05, 0) is 55.2 Å². The molecule has 1 saturated heterocycles. The molecule has 0 bridgehead atoms. The van der Waals surface area contributed by atoms with Crippen LogP contribution in [0.15, 0.2) is 42.0 Å². The first-order chi connectivity index (χ1) is 15.8. The molecule has 0 saturated carbocycles. The minimum atomic E-state index is -0.753. The van der Waals surface area contributed by atoms with E-state index in [9.17, 15) is 14.7 Å². The average molecular weight is 454 g/mol. The van der Waals surface area contributed by atoms with Gasteiger partial charge in [-0.3, -0.25) is 9.59 Å². The number of benzene rings is 2. The third-order valence-electron chi connectivity index (χ3n) is 5.63. The maximum atomic E-state index is 13.1. The molecule has 1 aliphatic heterocycles. The Kier molecular flexibility index (Phi) is 7.76. The van der Waals surface area contributed by atoms with E-state index in [1.807, 2.05) is 32.9 Å². The van der Waals surface area contributed by atoms with Crippen LogP contribution in [0, 0.1) is 13.8 Å². The average Bonchev–Trinajstić information content (AvgIpc) is 3.04. The van der Waals surface area contributed by atoms with Gasteiger partial charge in [0.15, 0.2) is 0 Å². The highest BCUT2D eigenvalue weighted by atomic mass is 16.5. The first kappa shape index (κ1) is 24.3. The molecule has 3 rings (SSSR count). The predicted molar refractivity (Wildman–Crippen MR) is 125 cm³/mol. The van der Waals surface area contributed by atoms with Crippen LogP contribution in [0.5, 0.6) is 11.5 Å².